The first-order valence-corrected chi connectivity index (χ1v) is 6.41. The second-order valence-electron chi connectivity index (χ2n) is 6.22. The molecule has 3 heteroatoms. The Labute approximate surface area is 97.7 Å². The Morgan fingerprint density at radius 3 is 2.31 bits per heavy atom. The van der Waals surface area contributed by atoms with E-state index >= 15 is 0 Å². The van der Waals surface area contributed by atoms with Crippen LogP contribution in [0.15, 0.2) is 0 Å². The molecule has 2 saturated carbocycles. The Balaban J connectivity index is 1.78. The quantitative estimate of drug-likeness (QED) is 0.734. The monoisotopic (exact) mass is 225 g/mol. The first-order chi connectivity index (χ1) is 7.41. The fourth-order valence-corrected chi connectivity index (χ4v) is 3.00. The van der Waals surface area contributed by atoms with Crippen molar-refractivity contribution in [1.82, 2.24) is 0 Å². The van der Waals surface area contributed by atoms with Crippen molar-refractivity contribution in [3.05, 3.63) is 0 Å². The normalized spacial score (nSPS) is 25.2. The van der Waals surface area contributed by atoms with Crippen LogP contribution in [-0.4, -0.2) is 17.6 Å². The number of carbonyl (C=O) groups is 1. The van der Waals surface area contributed by atoms with Gasteiger partial charge in [-0.2, -0.15) is 0 Å². The van der Waals surface area contributed by atoms with Gasteiger partial charge in [-0.25, -0.2) is 0 Å². The summed E-state index contributed by atoms with van der Waals surface area (Å²) < 4.78 is 5.41. The van der Waals surface area contributed by atoms with E-state index < -0.39 is 5.54 Å². The van der Waals surface area contributed by atoms with Crippen molar-refractivity contribution in [3.8, 4) is 0 Å². The lowest BCUT2D eigenvalue weighted by Crippen LogP contribution is -2.50. The summed E-state index contributed by atoms with van der Waals surface area (Å²) in [5.41, 5.74) is 5.37. The summed E-state index contributed by atoms with van der Waals surface area (Å²) in [7, 11) is 0. The van der Waals surface area contributed by atoms with Crippen molar-refractivity contribution in [3.63, 3.8) is 0 Å². The maximum atomic E-state index is 11.6. The SMILES string of the molecule is CC(C)(N)C(=O)OC1CC2(CCCCC2)C1. The van der Waals surface area contributed by atoms with Gasteiger partial charge >= 0.3 is 5.97 Å². The fourth-order valence-electron chi connectivity index (χ4n) is 3.00. The second kappa shape index (κ2) is 4.02. The summed E-state index contributed by atoms with van der Waals surface area (Å²) in [5.74, 6) is -0.261. The Morgan fingerprint density at radius 1 is 1.25 bits per heavy atom. The molecule has 0 aliphatic heterocycles. The molecule has 3 nitrogen and oxygen atoms in total. The Hall–Kier alpha value is -0.570. The average Bonchev–Trinajstić information content (AvgIpc) is 2.15. The van der Waals surface area contributed by atoms with Gasteiger partial charge in [0.05, 0.1) is 0 Å². The number of esters is 1. The highest BCUT2D eigenvalue weighted by Crippen LogP contribution is 2.52. The van der Waals surface area contributed by atoms with E-state index in [2.05, 4.69) is 0 Å². The van der Waals surface area contributed by atoms with Crippen LogP contribution in [0.5, 0.6) is 0 Å². The van der Waals surface area contributed by atoms with E-state index in [1.807, 2.05) is 0 Å². The van der Waals surface area contributed by atoms with E-state index in [0.717, 1.165) is 12.8 Å². The average molecular weight is 225 g/mol. The predicted molar refractivity (Wildman–Crippen MR) is 62.9 cm³/mol. The molecule has 0 bridgehead atoms. The van der Waals surface area contributed by atoms with Gasteiger partial charge in [-0.15, -0.1) is 0 Å². The minimum Gasteiger partial charge on any atom is -0.461 e. The molecular weight excluding hydrogens is 202 g/mol. The Bertz CT molecular complexity index is 266. The zero-order valence-corrected chi connectivity index (χ0v) is 10.4. The van der Waals surface area contributed by atoms with Crippen LogP contribution < -0.4 is 5.73 Å². The standard InChI is InChI=1S/C13H23NO2/c1-12(2,14)11(15)16-10-8-13(9-10)6-4-3-5-7-13/h10H,3-9,14H2,1-2H3. The smallest absolute Gasteiger partial charge is 0.325 e. The lowest BCUT2D eigenvalue weighted by Gasteiger charge is -2.49. The van der Waals surface area contributed by atoms with E-state index in [1.54, 1.807) is 13.8 Å². The molecule has 0 atom stereocenters. The molecule has 2 fully saturated rings. The van der Waals surface area contributed by atoms with Crippen LogP contribution in [0.1, 0.15) is 58.8 Å². The summed E-state index contributed by atoms with van der Waals surface area (Å²) in [5, 5.41) is 0. The number of nitrogens with two attached hydrogens (primary N) is 1. The maximum absolute atomic E-state index is 11.6. The van der Waals surface area contributed by atoms with E-state index in [-0.39, 0.29) is 12.1 Å². The molecule has 2 N–H and O–H groups in total. The summed E-state index contributed by atoms with van der Waals surface area (Å²) in [6.45, 7) is 3.40. The number of ether oxygens (including phenoxy) is 1. The van der Waals surface area contributed by atoms with Gasteiger partial charge in [-0.1, -0.05) is 19.3 Å². The lowest BCUT2D eigenvalue weighted by atomic mass is 9.59. The van der Waals surface area contributed by atoms with Crippen molar-refractivity contribution >= 4 is 5.97 Å². The van der Waals surface area contributed by atoms with Crippen LogP contribution in [0, 0.1) is 5.41 Å². The van der Waals surface area contributed by atoms with Gasteiger partial charge in [0.15, 0.2) is 0 Å². The zero-order chi connectivity index (χ0) is 11.8. The van der Waals surface area contributed by atoms with Crippen molar-refractivity contribution in [1.29, 1.82) is 0 Å². The largest absolute Gasteiger partial charge is 0.461 e. The summed E-state index contributed by atoms with van der Waals surface area (Å²) in [6, 6.07) is 0. The van der Waals surface area contributed by atoms with Gasteiger partial charge in [0.2, 0.25) is 0 Å². The van der Waals surface area contributed by atoms with E-state index in [0.29, 0.717) is 5.41 Å². The van der Waals surface area contributed by atoms with Gasteiger partial charge in [0.1, 0.15) is 11.6 Å². The number of hydrogen-bond acceptors (Lipinski definition) is 3. The Kier molecular flexibility index (Phi) is 2.99. The van der Waals surface area contributed by atoms with Gasteiger partial charge < -0.3 is 10.5 Å². The second-order valence-corrected chi connectivity index (χ2v) is 6.22. The first kappa shape index (κ1) is 11.9. The summed E-state index contributed by atoms with van der Waals surface area (Å²) >= 11 is 0. The molecule has 0 saturated heterocycles. The fraction of sp³-hybridized carbons (Fsp3) is 0.923. The van der Waals surface area contributed by atoms with Crippen LogP contribution in [0.2, 0.25) is 0 Å². The molecule has 0 radical (unpaired) electrons. The molecule has 0 aromatic rings. The third kappa shape index (κ3) is 2.40. The third-order valence-corrected chi connectivity index (χ3v) is 4.04. The predicted octanol–water partition coefficient (Wildman–Crippen LogP) is 2.38. The third-order valence-electron chi connectivity index (χ3n) is 4.04. The molecule has 0 aromatic heterocycles. The minimum absolute atomic E-state index is 0.133. The van der Waals surface area contributed by atoms with E-state index in [9.17, 15) is 4.79 Å². The van der Waals surface area contributed by atoms with Gasteiger partial charge in [0.25, 0.3) is 0 Å². The van der Waals surface area contributed by atoms with Gasteiger partial charge in [-0.3, -0.25) is 4.79 Å². The van der Waals surface area contributed by atoms with Crippen molar-refractivity contribution in [2.75, 3.05) is 0 Å². The van der Waals surface area contributed by atoms with Crippen LogP contribution >= 0.6 is 0 Å². The molecule has 0 unspecified atom stereocenters. The molecule has 16 heavy (non-hydrogen) atoms. The van der Waals surface area contributed by atoms with Crippen molar-refractivity contribution in [2.45, 2.75) is 70.4 Å². The highest BCUT2D eigenvalue weighted by atomic mass is 16.5. The molecular formula is C13H23NO2. The topological polar surface area (TPSA) is 52.3 Å². The molecule has 2 aliphatic rings. The van der Waals surface area contributed by atoms with Gasteiger partial charge in [-0.05, 0) is 44.9 Å². The van der Waals surface area contributed by atoms with Crippen molar-refractivity contribution in [2.24, 2.45) is 11.1 Å². The van der Waals surface area contributed by atoms with Gasteiger partial charge in [0, 0.05) is 0 Å². The van der Waals surface area contributed by atoms with Crippen LogP contribution in [0.25, 0.3) is 0 Å². The highest BCUT2D eigenvalue weighted by Gasteiger charge is 2.47. The number of carbonyl (C=O) groups excluding carboxylic acids is 1. The van der Waals surface area contributed by atoms with Crippen LogP contribution in [-0.2, 0) is 9.53 Å². The lowest BCUT2D eigenvalue weighted by molar-refractivity contribution is -0.168. The minimum atomic E-state index is -0.852. The molecule has 1 spiro atoms. The van der Waals surface area contributed by atoms with Crippen LogP contribution in [0.4, 0.5) is 0 Å². The van der Waals surface area contributed by atoms with E-state index in [4.69, 9.17) is 10.5 Å². The summed E-state index contributed by atoms with van der Waals surface area (Å²) in [4.78, 5) is 11.6. The molecule has 2 rings (SSSR count). The maximum Gasteiger partial charge on any atom is 0.325 e. The molecule has 92 valence electrons. The summed E-state index contributed by atoms with van der Waals surface area (Å²) in [6.07, 6.45) is 8.99. The molecule has 0 heterocycles. The number of hydrogen-bond donors (Lipinski definition) is 1. The molecule has 2 aliphatic carbocycles. The van der Waals surface area contributed by atoms with Crippen molar-refractivity contribution < 1.29 is 9.53 Å². The molecule has 0 amide bonds. The van der Waals surface area contributed by atoms with E-state index in [1.165, 1.54) is 32.1 Å². The van der Waals surface area contributed by atoms with Crippen LogP contribution in [0.3, 0.4) is 0 Å². The first-order valence-electron chi connectivity index (χ1n) is 6.41. The zero-order valence-electron chi connectivity index (χ0n) is 10.4. The Morgan fingerprint density at radius 2 is 1.81 bits per heavy atom. The number of rotatable bonds is 2. The molecule has 0 aromatic carbocycles. The highest BCUT2D eigenvalue weighted by molar-refractivity contribution is 5.79.